The number of para-hydroxylation sites is 1. The van der Waals surface area contributed by atoms with E-state index in [2.05, 4.69) is 61.2 Å². The number of fused-ring (bicyclic) bond motifs is 2. The Morgan fingerprint density at radius 1 is 0.800 bits per heavy atom. The highest BCUT2D eigenvalue weighted by Gasteiger charge is 2.18. The monoisotopic (exact) mass is 337 g/mol. The Labute approximate surface area is 152 Å². The molecule has 0 spiro atoms. The topological polar surface area (TPSA) is 12.5 Å². The second kappa shape index (κ2) is 8.94. The minimum absolute atomic E-state index is 0.970. The first-order valence-corrected chi connectivity index (χ1v) is 9.95. The van der Waals surface area contributed by atoms with Crippen LogP contribution < -0.4 is 9.64 Å². The van der Waals surface area contributed by atoms with Gasteiger partial charge >= 0.3 is 0 Å². The van der Waals surface area contributed by atoms with Gasteiger partial charge in [0, 0.05) is 31.3 Å². The fraction of sp³-hybridized carbons (Fsp3) is 0.478. The minimum Gasteiger partial charge on any atom is -0.457 e. The maximum absolute atomic E-state index is 6.19. The highest BCUT2D eigenvalue weighted by Crippen LogP contribution is 2.38. The summed E-state index contributed by atoms with van der Waals surface area (Å²) in [6.45, 7) is 6.83. The van der Waals surface area contributed by atoms with E-state index in [4.69, 9.17) is 4.74 Å². The van der Waals surface area contributed by atoms with Gasteiger partial charge in [-0.2, -0.15) is 0 Å². The predicted molar refractivity (Wildman–Crippen MR) is 107 cm³/mol. The summed E-state index contributed by atoms with van der Waals surface area (Å²) < 4.78 is 6.19. The van der Waals surface area contributed by atoms with Crippen LogP contribution in [-0.4, -0.2) is 13.1 Å². The third-order valence-corrected chi connectivity index (χ3v) is 5.05. The molecule has 1 aliphatic rings. The van der Waals surface area contributed by atoms with Crippen molar-refractivity contribution in [3.05, 3.63) is 53.6 Å². The summed E-state index contributed by atoms with van der Waals surface area (Å²) in [5.41, 5.74) is 3.89. The van der Waals surface area contributed by atoms with Crippen LogP contribution in [0, 0.1) is 0 Å². The van der Waals surface area contributed by atoms with Crippen molar-refractivity contribution in [2.75, 3.05) is 18.0 Å². The van der Waals surface area contributed by atoms with Crippen molar-refractivity contribution in [1.82, 2.24) is 0 Å². The van der Waals surface area contributed by atoms with Crippen LogP contribution in [-0.2, 0) is 6.42 Å². The van der Waals surface area contributed by atoms with Crippen molar-refractivity contribution in [2.45, 2.75) is 58.8 Å². The maximum atomic E-state index is 6.19. The lowest BCUT2D eigenvalue weighted by Crippen LogP contribution is -2.25. The first kappa shape index (κ1) is 17.8. The molecule has 0 aromatic heterocycles. The van der Waals surface area contributed by atoms with Gasteiger partial charge in [-0.3, -0.25) is 0 Å². The number of hydrogen-bond acceptors (Lipinski definition) is 2. The third kappa shape index (κ3) is 4.56. The number of nitrogens with zero attached hydrogens (tertiary/aromatic N) is 1. The number of benzene rings is 2. The lowest BCUT2D eigenvalue weighted by atomic mass is 10.00. The molecule has 2 nitrogen and oxygen atoms in total. The van der Waals surface area contributed by atoms with Crippen molar-refractivity contribution in [2.24, 2.45) is 0 Å². The van der Waals surface area contributed by atoms with Crippen LogP contribution >= 0.6 is 0 Å². The van der Waals surface area contributed by atoms with Crippen LogP contribution in [0.25, 0.3) is 0 Å². The molecular formula is C23H31NO. The molecule has 1 aliphatic heterocycles. The van der Waals surface area contributed by atoms with Crippen molar-refractivity contribution in [3.8, 4) is 11.5 Å². The van der Waals surface area contributed by atoms with Crippen molar-refractivity contribution < 1.29 is 4.74 Å². The van der Waals surface area contributed by atoms with Crippen LogP contribution in [0.4, 0.5) is 5.69 Å². The lowest BCUT2D eigenvalue weighted by molar-refractivity contribution is 0.460. The summed E-state index contributed by atoms with van der Waals surface area (Å²) in [5.74, 6) is 2.04. The maximum Gasteiger partial charge on any atom is 0.133 e. The van der Waals surface area contributed by atoms with E-state index < -0.39 is 0 Å². The Kier molecular flexibility index (Phi) is 6.38. The van der Waals surface area contributed by atoms with Gasteiger partial charge in [0.2, 0.25) is 0 Å². The van der Waals surface area contributed by atoms with E-state index in [9.17, 15) is 0 Å². The molecule has 0 atom stereocenters. The van der Waals surface area contributed by atoms with E-state index in [-0.39, 0.29) is 0 Å². The Balaban J connectivity index is 1.75. The first-order valence-electron chi connectivity index (χ1n) is 9.95. The van der Waals surface area contributed by atoms with E-state index in [1.165, 1.54) is 55.3 Å². The van der Waals surface area contributed by atoms with Crippen molar-refractivity contribution >= 4 is 5.69 Å². The van der Waals surface area contributed by atoms with E-state index in [1.54, 1.807) is 0 Å². The smallest absolute Gasteiger partial charge is 0.133 e. The molecule has 1 heterocycles. The average Bonchev–Trinajstić information content (AvgIpc) is 2.65. The Morgan fingerprint density at radius 3 is 2.20 bits per heavy atom. The van der Waals surface area contributed by atoms with Gasteiger partial charge in [0.05, 0.1) is 0 Å². The van der Waals surface area contributed by atoms with Crippen LogP contribution in [0.1, 0.15) is 63.5 Å². The van der Waals surface area contributed by atoms with Gasteiger partial charge in [0.1, 0.15) is 11.5 Å². The molecule has 0 aliphatic carbocycles. The molecular weight excluding hydrogens is 306 g/mol. The molecule has 2 aromatic rings. The summed E-state index contributed by atoms with van der Waals surface area (Å²) in [4.78, 5) is 2.55. The molecule has 0 bridgehead atoms. The molecule has 25 heavy (non-hydrogen) atoms. The number of rotatable bonds is 9. The molecule has 2 heteroatoms. The molecule has 0 radical (unpaired) electrons. The average molecular weight is 338 g/mol. The Bertz CT molecular complexity index is 670. The summed E-state index contributed by atoms with van der Waals surface area (Å²) in [7, 11) is 0. The van der Waals surface area contributed by atoms with Crippen molar-refractivity contribution in [3.63, 3.8) is 0 Å². The molecule has 134 valence electrons. The van der Waals surface area contributed by atoms with Gasteiger partial charge in [0.25, 0.3) is 0 Å². The zero-order valence-corrected chi connectivity index (χ0v) is 15.8. The van der Waals surface area contributed by atoms with Crippen LogP contribution in [0.15, 0.2) is 42.5 Å². The summed E-state index contributed by atoms with van der Waals surface area (Å²) in [6, 6.07) is 15.2. The van der Waals surface area contributed by atoms with Gasteiger partial charge in [-0.05, 0) is 36.1 Å². The minimum atomic E-state index is 0.970. The lowest BCUT2D eigenvalue weighted by Gasteiger charge is -2.27. The van der Waals surface area contributed by atoms with Crippen molar-refractivity contribution in [1.29, 1.82) is 0 Å². The molecule has 0 N–H and O–H groups in total. The normalized spacial score (nSPS) is 12.2. The fourth-order valence-electron chi connectivity index (χ4n) is 3.53. The quantitative estimate of drug-likeness (QED) is 0.409. The van der Waals surface area contributed by atoms with Gasteiger partial charge in [-0.25, -0.2) is 0 Å². The highest BCUT2D eigenvalue weighted by molar-refractivity contribution is 5.58. The number of hydrogen-bond donors (Lipinski definition) is 0. The molecule has 0 saturated heterocycles. The second-order valence-electron chi connectivity index (χ2n) is 7.08. The van der Waals surface area contributed by atoms with Gasteiger partial charge in [-0.15, -0.1) is 0 Å². The van der Waals surface area contributed by atoms with E-state index in [1.807, 2.05) is 0 Å². The molecule has 3 rings (SSSR count). The van der Waals surface area contributed by atoms with E-state index in [0.29, 0.717) is 0 Å². The van der Waals surface area contributed by atoms with Gasteiger partial charge in [-0.1, -0.05) is 63.8 Å². The van der Waals surface area contributed by atoms with E-state index in [0.717, 1.165) is 31.0 Å². The van der Waals surface area contributed by atoms with Crippen LogP contribution in [0.3, 0.4) is 0 Å². The second-order valence-corrected chi connectivity index (χ2v) is 7.08. The Morgan fingerprint density at radius 2 is 1.48 bits per heavy atom. The summed E-state index contributed by atoms with van der Waals surface area (Å²) >= 11 is 0. The molecule has 2 aromatic carbocycles. The molecule has 0 unspecified atom stereocenters. The molecule has 0 saturated carbocycles. The Hall–Kier alpha value is -1.96. The fourth-order valence-corrected chi connectivity index (χ4v) is 3.53. The zero-order valence-electron chi connectivity index (χ0n) is 15.8. The number of anilines is 1. The summed E-state index contributed by atoms with van der Waals surface area (Å²) in [6.07, 6.45) is 8.65. The standard InChI is InChI=1S/C23H31NO/c1-3-5-9-15-24(16-10-6-4-2)21-14-13-20-17-19-11-7-8-12-22(19)25-23(20)18-21/h7-8,11-14,18H,3-6,9-10,15-17H2,1-2H3. The third-order valence-electron chi connectivity index (χ3n) is 5.05. The molecule has 0 fully saturated rings. The number of unbranched alkanes of at least 4 members (excludes halogenated alkanes) is 4. The van der Waals surface area contributed by atoms with E-state index >= 15 is 0 Å². The van der Waals surface area contributed by atoms with Crippen LogP contribution in [0.2, 0.25) is 0 Å². The number of ether oxygens (including phenoxy) is 1. The highest BCUT2D eigenvalue weighted by atomic mass is 16.5. The predicted octanol–water partition coefficient (Wildman–Crippen LogP) is 6.57. The largest absolute Gasteiger partial charge is 0.457 e. The summed E-state index contributed by atoms with van der Waals surface area (Å²) in [5, 5.41) is 0. The van der Waals surface area contributed by atoms with Gasteiger partial charge in [0.15, 0.2) is 0 Å². The first-order chi connectivity index (χ1) is 12.3. The van der Waals surface area contributed by atoms with Gasteiger partial charge < -0.3 is 9.64 Å². The van der Waals surface area contributed by atoms with Crippen LogP contribution in [0.5, 0.6) is 11.5 Å². The molecule has 0 amide bonds. The zero-order chi connectivity index (χ0) is 17.5. The SMILES string of the molecule is CCCCCN(CCCCC)c1ccc2c(c1)Oc1ccccc1C2.